The van der Waals surface area contributed by atoms with E-state index in [1.807, 2.05) is 65.4 Å². The first-order valence-electron chi connectivity index (χ1n) is 12.8. The van der Waals surface area contributed by atoms with E-state index in [1.54, 1.807) is 4.90 Å². The fourth-order valence-corrected chi connectivity index (χ4v) is 4.90. The van der Waals surface area contributed by atoms with Crippen LogP contribution in [-0.4, -0.2) is 43.6 Å². The molecular weight excluding hydrogens is 478 g/mol. The number of amides is 1. The van der Waals surface area contributed by atoms with Gasteiger partial charge in [0.2, 0.25) is 5.70 Å². The maximum atomic E-state index is 13.1. The predicted octanol–water partition coefficient (Wildman–Crippen LogP) is 5.24. The van der Waals surface area contributed by atoms with Gasteiger partial charge in [0.05, 0.1) is 18.0 Å². The highest BCUT2D eigenvalue weighted by Gasteiger charge is 2.31. The molecular formula is C29H27N7O2. The summed E-state index contributed by atoms with van der Waals surface area (Å²) in [4.78, 5) is 27.2. The highest BCUT2D eigenvalue weighted by atomic mass is 16.5. The lowest BCUT2D eigenvalue weighted by Crippen LogP contribution is -2.41. The first-order chi connectivity index (χ1) is 18.6. The molecule has 1 aliphatic carbocycles. The van der Waals surface area contributed by atoms with Crippen molar-refractivity contribution < 1.29 is 9.53 Å². The average Bonchev–Trinajstić information content (AvgIpc) is 3.69. The van der Waals surface area contributed by atoms with Crippen LogP contribution in [0.3, 0.4) is 0 Å². The number of carbonyl (C=O) groups is 1. The number of hydrogen-bond donors (Lipinski definition) is 1. The van der Waals surface area contributed by atoms with E-state index in [4.69, 9.17) is 22.1 Å². The normalized spacial score (nSPS) is 17.8. The first kappa shape index (κ1) is 23.7. The number of ether oxygens (including phenoxy) is 1. The monoisotopic (exact) mass is 505 g/mol. The van der Waals surface area contributed by atoms with Crippen molar-refractivity contribution in [2.75, 3.05) is 18.8 Å². The number of hydrogen-bond acceptors (Lipinski definition) is 6. The topological polar surface area (TPSA) is 104 Å². The second kappa shape index (κ2) is 9.98. The van der Waals surface area contributed by atoms with Crippen LogP contribution in [0.25, 0.3) is 27.1 Å². The zero-order chi connectivity index (χ0) is 26.1. The van der Waals surface area contributed by atoms with Crippen molar-refractivity contribution in [3.63, 3.8) is 0 Å². The van der Waals surface area contributed by atoms with Gasteiger partial charge < -0.3 is 15.4 Å². The number of nitrogens with zero attached hydrogens (tertiary/aromatic N) is 6. The third-order valence-corrected chi connectivity index (χ3v) is 7.01. The minimum atomic E-state index is -0.198. The maximum absolute atomic E-state index is 13.1. The van der Waals surface area contributed by atoms with Gasteiger partial charge in [-0.15, -0.1) is 0 Å². The van der Waals surface area contributed by atoms with Crippen LogP contribution in [0, 0.1) is 12.5 Å². The molecule has 2 aromatic carbocycles. The third kappa shape index (κ3) is 4.68. The van der Waals surface area contributed by atoms with E-state index in [0.29, 0.717) is 47.3 Å². The Morgan fingerprint density at radius 2 is 1.82 bits per heavy atom. The standard InChI is InChI=1S/C29H27N7O2/c1-31-24(16-19-9-10-19)29(37)35-15-5-6-21(17-35)36-28-25(27(30)32-18-33-28)26(34-36)20-11-13-23(14-12-20)38-22-7-3-2-4-8-22/h2-4,7-8,11-14,16,18-19,21H,5-6,9-10,15,17H2,(H2,30,32,33)/b24-16+/t21-/m1/s1. The van der Waals surface area contributed by atoms with E-state index in [-0.39, 0.29) is 17.6 Å². The zero-order valence-electron chi connectivity index (χ0n) is 20.8. The maximum Gasteiger partial charge on any atom is 0.252 e. The molecule has 2 aliphatic rings. The lowest BCUT2D eigenvalue weighted by Gasteiger charge is -2.33. The molecule has 4 aromatic rings. The van der Waals surface area contributed by atoms with Gasteiger partial charge in [-0.25, -0.2) is 19.5 Å². The van der Waals surface area contributed by atoms with Gasteiger partial charge in [0.25, 0.3) is 5.91 Å². The Morgan fingerprint density at radius 1 is 1.05 bits per heavy atom. The van der Waals surface area contributed by atoms with E-state index in [9.17, 15) is 4.79 Å². The number of piperidine rings is 1. The van der Waals surface area contributed by atoms with Gasteiger partial charge in [0.1, 0.15) is 29.3 Å². The van der Waals surface area contributed by atoms with Gasteiger partial charge in [-0.05, 0) is 68.0 Å². The molecule has 190 valence electrons. The number of likely N-dealkylation sites (tertiary alicyclic amines) is 1. The van der Waals surface area contributed by atoms with Crippen molar-refractivity contribution in [1.29, 1.82) is 0 Å². The Labute approximate surface area is 220 Å². The number of anilines is 1. The number of aromatic nitrogens is 4. The van der Waals surface area contributed by atoms with Crippen LogP contribution in [0.2, 0.25) is 0 Å². The molecule has 1 saturated carbocycles. The largest absolute Gasteiger partial charge is 0.457 e. The average molecular weight is 506 g/mol. The Morgan fingerprint density at radius 3 is 2.55 bits per heavy atom. The summed E-state index contributed by atoms with van der Waals surface area (Å²) >= 11 is 0. The van der Waals surface area contributed by atoms with E-state index >= 15 is 0 Å². The minimum Gasteiger partial charge on any atom is -0.457 e. The molecule has 2 N–H and O–H groups in total. The molecule has 0 spiro atoms. The van der Waals surface area contributed by atoms with Crippen molar-refractivity contribution in [3.8, 4) is 22.8 Å². The van der Waals surface area contributed by atoms with Crippen molar-refractivity contribution >= 4 is 22.8 Å². The van der Waals surface area contributed by atoms with Gasteiger partial charge in [0.15, 0.2) is 5.65 Å². The molecule has 0 bridgehead atoms. The summed E-state index contributed by atoms with van der Waals surface area (Å²) in [6.45, 7) is 8.59. The Kier molecular flexibility index (Phi) is 6.22. The summed E-state index contributed by atoms with van der Waals surface area (Å²) in [5.41, 5.74) is 8.73. The van der Waals surface area contributed by atoms with Gasteiger partial charge in [-0.2, -0.15) is 5.10 Å². The molecule has 3 heterocycles. The van der Waals surface area contributed by atoms with Gasteiger partial charge in [0, 0.05) is 18.7 Å². The molecule has 38 heavy (non-hydrogen) atoms. The third-order valence-electron chi connectivity index (χ3n) is 7.01. The van der Waals surface area contributed by atoms with Gasteiger partial charge in [-0.3, -0.25) is 4.79 Å². The van der Waals surface area contributed by atoms with Crippen LogP contribution in [-0.2, 0) is 4.79 Å². The van der Waals surface area contributed by atoms with E-state index < -0.39 is 0 Å². The summed E-state index contributed by atoms with van der Waals surface area (Å²) in [6, 6.07) is 17.2. The molecule has 9 heteroatoms. The van der Waals surface area contributed by atoms with Crippen molar-refractivity contribution in [2.45, 2.75) is 31.7 Å². The second-order valence-corrected chi connectivity index (χ2v) is 9.74. The number of benzene rings is 2. The van der Waals surface area contributed by atoms with Crippen LogP contribution < -0.4 is 10.5 Å². The lowest BCUT2D eigenvalue weighted by molar-refractivity contribution is -0.128. The van der Waals surface area contributed by atoms with E-state index in [1.165, 1.54) is 6.33 Å². The summed E-state index contributed by atoms with van der Waals surface area (Å²) in [7, 11) is 0. The van der Waals surface area contributed by atoms with Crippen LogP contribution in [0.5, 0.6) is 11.5 Å². The molecule has 1 saturated heterocycles. The highest BCUT2D eigenvalue weighted by Crippen LogP contribution is 2.36. The Balaban J connectivity index is 1.30. The van der Waals surface area contributed by atoms with Crippen molar-refractivity contribution in [2.24, 2.45) is 5.92 Å². The molecule has 2 aromatic heterocycles. The number of nitrogens with two attached hydrogens (primary N) is 1. The molecule has 1 atom stereocenters. The van der Waals surface area contributed by atoms with Gasteiger partial charge in [-0.1, -0.05) is 24.3 Å². The fourth-order valence-electron chi connectivity index (χ4n) is 4.90. The molecule has 1 amide bonds. The number of allylic oxidation sites excluding steroid dienone is 1. The van der Waals surface area contributed by atoms with Crippen LogP contribution in [0.4, 0.5) is 5.82 Å². The highest BCUT2D eigenvalue weighted by molar-refractivity contribution is 5.98. The molecule has 1 aliphatic heterocycles. The van der Waals surface area contributed by atoms with Crippen LogP contribution in [0.15, 0.2) is 72.7 Å². The Bertz CT molecular complexity index is 1550. The number of fused-ring (bicyclic) bond motifs is 1. The quantitative estimate of drug-likeness (QED) is 0.284. The summed E-state index contributed by atoms with van der Waals surface area (Å²) in [5.74, 6) is 2.00. The number of rotatable bonds is 6. The van der Waals surface area contributed by atoms with Crippen LogP contribution in [0.1, 0.15) is 31.7 Å². The van der Waals surface area contributed by atoms with Gasteiger partial charge >= 0.3 is 0 Å². The predicted molar refractivity (Wildman–Crippen MR) is 144 cm³/mol. The number of nitrogen functional groups attached to an aromatic ring is 1. The summed E-state index contributed by atoms with van der Waals surface area (Å²) < 4.78 is 7.81. The SMILES string of the molecule is [C-]#[N+]/C(=C/C1CC1)C(=O)N1CCC[C@@H](n2nc(-c3ccc(Oc4ccccc4)cc3)c3c(N)ncnc32)C1. The van der Waals surface area contributed by atoms with Crippen molar-refractivity contribution in [1.82, 2.24) is 24.6 Å². The molecule has 2 fully saturated rings. The lowest BCUT2D eigenvalue weighted by atomic mass is 10.1. The van der Waals surface area contributed by atoms with Crippen LogP contribution >= 0.6 is 0 Å². The number of para-hydroxylation sites is 1. The second-order valence-electron chi connectivity index (χ2n) is 9.74. The molecule has 9 nitrogen and oxygen atoms in total. The van der Waals surface area contributed by atoms with E-state index in [2.05, 4.69) is 14.8 Å². The molecule has 6 rings (SSSR count). The smallest absolute Gasteiger partial charge is 0.252 e. The first-order valence-corrected chi connectivity index (χ1v) is 12.8. The minimum absolute atomic E-state index is 0.0909. The number of carbonyl (C=O) groups excluding carboxylic acids is 1. The molecule has 0 unspecified atom stereocenters. The summed E-state index contributed by atoms with van der Waals surface area (Å²) in [5, 5.41) is 5.64. The zero-order valence-corrected chi connectivity index (χ0v) is 20.8. The van der Waals surface area contributed by atoms with E-state index in [0.717, 1.165) is 37.0 Å². The fraction of sp³-hybridized carbons (Fsp3) is 0.276. The summed E-state index contributed by atoms with van der Waals surface area (Å²) in [6.07, 6.45) is 7.04. The Hall–Kier alpha value is -4.71. The molecule has 0 radical (unpaired) electrons. The van der Waals surface area contributed by atoms with Crippen molar-refractivity contribution in [3.05, 3.63) is 84.1 Å².